The van der Waals surface area contributed by atoms with Gasteiger partial charge in [0.2, 0.25) is 5.91 Å². The first-order valence-corrected chi connectivity index (χ1v) is 8.26. The van der Waals surface area contributed by atoms with Crippen molar-refractivity contribution in [2.45, 2.75) is 32.9 Å². The number of thiophene rings is 1. The fourth-order valence-electron chi connectivity index (χ4n) is 2.49. The Morgan fingerprint density at radius 1 is 1.41 bits per heavy atom. The number of fused-ring (bicyclic) bond motifs is 1. The lowest BCUT2D eigenvalue weighted by atomic mass is 10.2. The maximum Gasteiger partial charge on any atom is 0.222 e. The second-order valence-electron chi connectivity index (χ2n) is 5.48. The summed E-state index contributed by atoms with van der Waals surface area (Å²) in [7, 11) is 0. The molecule has 0 bridgehead atoms. The van der Waals surface area contributed by atoms with Crippen LogP contribution in [0, 0.1) is 6.92 Å². The predicted molar refractivity (Wildman–Crippen MR) is 90.0 cm³/mol. The summed E-state index contributed by atoms with van der Waals surface area (Å²) in [5.74, 6) is 0.0530. The molecule has 1 atom stereocenters. The molecular weight excluding hydrogens is 294 g/mol. The number of nitrogens with zero attached hydrogens (tertiary/aromatic N) is 2. The summed E-state index contributed by atoms with van der Waals surface area (Å²) in [6.07, 6.45) is 2.28. The molecule has 0 aliphatic carbocycles. The topological polar surface area (TPSA) is 46.9 Å². The molecule has 5 heteroatoms. The summed E-state index contributed by atoms with van der Waals surface area (Å²) in [5.41, 5.74) is 2.28. The van der Waals surface area contributed by atoms with Crippen LogP contribution in [0.25, 0.3) is 10.9 Å². The molecule has 1 amide bonds. The van der Waals surface area contributed by atoms with E-state index in [0.717, 1.165) is 10.9 Å². The number of rotatable bonds is 5. The number of benzene rings is 1. The Bertz CT molecular complexity index is 776. The molecule has 0 saturated heterocycles. The van der Waals surface area contributed by atoms with Crippen LogP contribution in [0.4, 0.5) is 0 Å². The third-order valence-corrected chi connectivity index (χ3v) is 4.75. The first kappa shape index (κ1) is 14.8. The molecule has 2 heterocycles. The zero-order valence-electron chi connectivity index (χ0n) is 12.7. The molecule has 3 rings (SSSR count). The SMILES string of the molecule is Cc1ccc2cnn(CCC(=O)NC(C)c3cccs3)c2c1. The van der Waals surface area contributed by atoms with Gasteiger partial charge in [0, 0.05) is 16.7 Å². The van der Waals surface area contributed by atoms with Gasteiger partial charge in [-0.1, -0.05) is 18.2 Å². The van der Waals surface area contributed by atoms with Crippen molar-refractivity contribution < 1.29 is 4.79 Å². The van der Waals surface area contributed by atoms with Crippen LogP contribution in [0.15, 0.2) is 41.9 Å². The fraction of sp³-hybridized carbons (Fsp3) is 0.294. The summed E-state index contributed by atoms with van der Waals surface area (Å²) in [6, 6.07) is 10.3. The van der Waals surface area contributed by atoms with Gasteiger partial charge in [-0.25, -0.2) is 0 Å². The van der Waals surface area contributed by atoms with E-state index in [1.807, 2.05) is 35.3 Å². The Morgan fingerprint density at radius 2 is 2.27 bits per heavy atom. The highest BCUT2D eigenvalue weighted by atomic mass is 32.1. The molecule has 1 aromatic carbocycles. The summed E-state index contributed by atoms with van der Waals surface area (Å²) in [5, 5.41) is 10.5. The minimum atomic E-state index is 0.0530. The second-order valence-corrected chi connectivity index (χ2v) is 6.46. The number of hydrogen-bond donors (Lipinski definition) is 1. The number of aromatic nitrogens is 2. The Hall–Kier alpha value is -2.14. The van der Waals surface area contributed by atoms with E-state index in [2.05, 4.69) is 35.5 Å². The van der Waals surface area contributed by atoms with Crippen LogP contribution in [-0.4, -0.2) is 15.7 Å². The minimum Gasteiger partial charge on any atom is -0.349 e. The zero-order chi connectivity index (χ0) is 15.5. The summed E-state index contributed by atoms with van der Waals surface area (Å²) in [4.78, 5) is 13.3. The molecular formula is C17H19N3OS. The number of aryl methyl sites for hydroxylation is 2. The quantitative estimate of drug-likeness (QED) is 0.781. The lowest BCUT2D eigenvalue weighted by Gasteiger charge is -2.12. The Kier molecular flexibility index (Phi) is 4.24. The van der Waals surface area contributed by atoms with Crippen LogP contribution >= 0.6 is 11.3 Å². The van der Waals surface area contributed by atoms with Gasteiger partial charge >= 0.3 is 0 Å². The van der Waals surface area contributed by atoms with Crippen LogP contribution < -0.4 is 5.32 Å². The van der Waals surface area contributed by atoms with Crippen molar-refractivity contribution in [3.05, 3.63) is 52.3 Å². The maximum atomic E-state index is 12.1. The van der Waals surface area contributed by atoms with E-state index in [0.29, 0.717) is 13.0 Å². The highest BCUT2D eigenvalue weighted by Crippen LogP contribution is 2.18. The van der Waals surface area contributed by atoms with Crippen LogP contribution in [0.2, 0.25) is 0 Å². The highest BCUT2D eigenvalue weighted by Gasteiger charge is 2.11. The third-order valence-electron chi connectivity index (χ3n) is 3.70. The number of hydrogen-bond acceptors (Lipinski definition) is 3. The normalized spacial score (nSPS) is 12.5. The van der Waals surface area contributed by atoms with Gasteiger partial charge in [-0.2, -0.15) is 5.10 Å². The van der Waals surface area contributed by atoms with Crippen LogP contribution in [0.3, 0.4) is 0 Å². The summed E-state index contributed by atoms with van der Waals surface area (Å²) < 4.78 is 1.90. The van der Waals surface area contributed by atoms with Crippen molar-refractivity contribution in [1.29, 1.82) is 0 Å². The molecule has 22 heavy (non-hydrogen) atoms. The van der Waals surface area contributed by atoms with Crippen LogP contribution in [0.5, 0.6) is 0 Å². The first-order valence-electron chi connectivity index (χ1n) is 7.38. The van der Waals surface area contributed by atoms with E-state index in [1.54, 1.807) is 11.3 Å². The molecule has 2 aromatic heterocycles. The van der Waals surface area contributed by atoms with E-state index in [4.69, 9.17) is 0 Å². The van der Waals surface area contributed by atoms with E-state index in [-0.39, 0.29) is 11.9 Å². The molecule has 0 saturated carbocycles. The number of amides is 1. The van der Waals surface area contributed by atoms with Crippen molar-refractivity contribution in [3.63, 3.8) is 0 Å². The lowest BCUT2D eigenvalue weighted by Crippen LogP contribution is -2.27. The van der Waals surface area contributed by atoms with Crippen molar-refractivity contribution in [2.75, 3.05) is 0 Å². The van der Waals surface area contributed by atoms with Gasteiger partial charge in [-0.05, 0) is 36.9 Å². The Labute approximate surface area is 133 Å². The van der Waals surface area contributed by atoms with Gasteiger partial charge in [0.15, 0.2) is 0 Å². The molecule has 4 nitrogen and oxygen atoms in total. The zero-order valence-corrected chi connectivity index (χ0v) is 13.6. The average Bonchev–Trinajstić information content (AvgIpc) is 3.14. The van der Waals surface area contributed by atoms with E-state index in [1.165, 1.54) is 10.4 Å². The molecule has 0 radical (unpaired) electrons. The standard InChI is InChI=1S/C17H19N3OS/c1-12-5-6-14-11-18-20(15(14)10-12)8-7-17(21)19-13(2)16-4-3-9-22-16/h3-6,9-11,13H,7-8H2,1-2H3,(H,19,21). The minimum absolute atomic E-state index is 0.0530. The molecule has 1 unspecified atom stereocenters. The highest BCUT2D eigenvalue weighted by molar-refractivity contribution is 7.10. The Balaban J connectivity index is 1.61. The Morgan fingerprint density at radius 3 is 3.05 bits per heavy atom. The molecule has 0 fully saturated rings. The molecule has 0 aliphatic heterocycles. The van der Waals surface area contributed by atoms with Crippen LogP contribution in [-0.2, 0) is 11.3 Å². The average molecular weight is 313 g/mol. The molecule has 0 aliphatic rings. The van der Waals surface area contributed by atoms with Crippen molar-refractivity contribution in [1.82, 2.24) is 15.1 Å². The van der Waals surface area contributed by atoms with Crippen molar-refractivity contribution in [2.24, 2.45) is 0 Å². The number of carbonyl (C=O) groups is 1. The van der Waals surface area contributed by atoms with Gasteiger partial charge in [0.25, 0.3) is 0 Å². The molecule has 114 valence electrons. The summed E-state index contributed by atoms with van der Waals surface area (Å²) in [6.45, 7) is 4.67. The molecule has 3 aromatic rings. The maximum absolute atomic E-state index is 12.1. The molecule has 0 spiro atoms. The second kappa shape index (κ2) is 6.32. The predicted octanol–water partition coefficient (Wildman–Crippen LogP) is 3.67. The lowest BCUT2D eigenvalue weighted by molar-refractivity contribution is -0.121. The number of nitrogens with one attached hydrogen (secondary N) is 1. The van der Waals surface area contributed by atoms with Crippen molar-refractivity contribution in [3.8, 4) is 0 Å². The largest absolute Gasteiger partial charge is 0.349 e. The van der Waals surface area contributed by atoms with Gasteiger partial charge in [0.05, 0.1) is 24.3 Å². The summed E-state index contributed by atoms with van der Waals surface area (Å²) >= 11 is 1.66. The van der Waals surface area contributed by atoms with Gasteiger partial charge in [-0.3, -0.25) is 9.48 Å². The van der Waals surface area contributed by atoms with Gasteiger partial charge in [0.1, 0.15) is 0 Å². The van der Waals surface area contributed by atoms with E-state index >= 15 is 0 Å². The van der Waals surface area contributed by atoms with Crippen LogP contribution in [0.1, 0.15) is 29.8 Å². The fourth-order valence-corrected chi connectivity index (χ4v) is 3.22. The van der Waals surface area contributed by atoms with E-state index in [9.17, 15) is 4.79 Å². The third kappa shape index (κ3) is 3.20. The smallest absolute Gasteiger partial charge is 0.222 e. The van der Waals surface area contributed by atoms with Gasteiger partial charge < -0.3 is 5.32 Å². The molecule has 1 N–H and O–H groups in total. The van der Waals surface area contributed by atoms with Crippen molar-refractivity contribution >= 4 is 28.1 Å². The first-order chi connectivity index (χ1) is 10.6. The van der Waals surface area contributed by atoms with E-state index < -0.39 is 0 Å². The van der Waals surface area contributed by atoms with Gasteiger partial charge in [-0.15, -0.1) is 11.3 Å². The number of carbonyl (C=O) groups excluding carboxylic acids is 1. The monoisotopic (exact) mass is 313 g/mol.